The van der Waals surface area contributed by atoms with E-state index in [2.05, 4.69) is 10.6 Å². The van der Waals surface area contributed by atoms with E-state index in [1.54, 1.807) is 12.1 Å². The van der Waals surface area contributed by atoms with E-state index >= 15 is 0 Å². The van der Waals surface area contributed by atoms with Gasteiger partial charge in [-0.2, -0.15) is 0 Å². The lowest BCUT2D eigenvalue weighted by molar-refractivity contribution is -0.116. The van der Waals surface area contributed by atoms with Gasteiger partial charge in [0.1, 0.15) is 0 Å². The van der Waals surface area contributed by atoms with Crippen molar-refractivity contribution in [1.29, 1.82) is 0 Å². The van der Waals surface area contributed by atoms with Crippen LogP contribution in [-0.2, 0) is 14.8 Å². The standard InChI is InChI=1S/C16H26N4O3S.ClH/c1-19(2)15-8-7-13(24(22,23)20(3)4)11-14(15)18-16(21)10-12-6-5-9-17-12;/h7-8,11-12,17H,5-6,9-10H2,1-4H3,(H,18,21);1H. The Hall–Kier alpha value is -1.35. The second-order valence-corrected chi connectivity index (χ2v) is 8.56. The molecule has 0 spiro atoms. The first-order chi connectivity index (χ1) is 11.2. The lowest BCUT2D eigenvalue weighted by Gasteiger charge is -2.20. The van der Waals surface area contributed by atoms with Crippen molar-refractivity contribution >= 4 is 39.7 Å². The summed E-state index contributed by atoms with van der Waals surface area (Å²) in [7, 11) is 3.12. The number of carbonyl (C=O) groups excluding carboxylic acids is 1. The molecule has 0 aromatic heterocycles. The van der Waals surface area contributed by atoms with Crippen molar-refractivity contribution in [2.24, 2.45) is 0 Å². The lowest BCUT2D eigenvalue weighted by atomic mass is 10.1. The van der Waals surface area contributed by atoms with Crippen molar-refractivity contribution in [3.8, 4) is 0 Å². The molecule has 1 saturated heterocycles. The van der Waals surface area contributed by atoms with E-state index in [1.807, 2.05) is 19.0 Å². The van der Waals surface area contributed by atoms with Crippen LogP contribution in [-0.4, -0.2) is 59.4 Å². The highest BCUT2D eigenvalue weighted by Gasteiger charge is 2.22. The third-order valence-electron chi connectivity index (χ3n) is 4.10. The maximum atomic E-state index is 12.3. The van der Waals surface area contributed by atoms with Crippen LogP contribution in [0.15, 0.2) is 23.1 Å². The highest BCUT2D eigenvalue weighted by Crippen LogP contribution is 2.29. The Kier molecular flexibility index (Phi) is 7.67. The predicted molar refractivity (Wildman–Crippen MR) is 103 cm³/mol. The van der Waals surface area contributed by atoms with Gasteiger partial charge in [0.2, 0.25) is 15.9 Å². The van der Waals surface area contributed by atoms with E-state index in [-0.39, 0.29) is 29.3 Å². The second-order valence-electron chi connectivity index (χ2n) is 6.41. The number of nitrogens with zero attached hydrogens (tertiary/aromatic N) is 2. The first-order valence-electron chi connectivity index (χ1n) is 7.99. The topological polar surface area (TPSA) is 81.8 Å². The summed E-state index contributed by atoms with van der Waals surface area (Å²) in [4.78, 5) is 14.3. The van der Waals surface area contributed by atoms with Crippen LogP contribution in [0, 0.1) is 0 Å². The van der Waals surface area contributed by atoms with Crippen LogP contribution < -0.4 is 15.5 Å². The molecular formula is C16H27ClN4O3S. The normalized spacial score (nSPS) is 17.2. The maximum Gasteiger partial charge on any atom is 0.242 e. The fraction of sp³-hybridized carbons (Fsp3) is 0.562. The van der Waals surface area contributed by atoms with Crippen LogP contribution >= 0.6 is 12.4 Å². The van der Waals surface area contributed by atoms with Crippen LogP contribution in [0.2, 0.25) is 0 Å². The van der Waals surface area contributed by atoms with Gasteiger partial charge in [-0.25, -0.2) is 12.7 Å². The van der Waals surface area contributed by atoms with Gasteiger partial charge in [-0.3, -0.25) is 4.79 Å². The molecule has 1 unspecified atom stereocenters. The monoisotopic (exact) mass is 390 g/mol. The number of hydrogen-bond donors (Lipinski definition) is 2. The molecule has 2 N–H and O–H groups in total. The van der Waals surface area contributed by atoms with Crippen LogP contribution in [0.1, 0.15) is 19.3 Å². The largest absolute Gasteiger partial charge is 0.376 e. The molecule has 1 aliphatic heterocycles. The minimum Gasteiger partial charge on any atom is -0.376 e. The quantitative estimate of drug-likeness (QED) is 0.769. The van der Waals surface area contributed by atoms with E-state index < -0.39 is 10.0 Å². The second kappa shape index (κ2) is 8.84. The van der Waals surface area contributed by atoms with Gasteiger partial charge in [0.15, 0.2) is 0 Å². The number of anilines is 2. The zero-order chi connectivity index (χ0) is 17.9. The summed E-state index contributed by atoms with van der Waals surface area (Å²) in [6, 6.07) is 4.98. The van der Waals surface area contributed by atoms with Gasteiger partial charge in [-0.15, -0.1) is 12.4 Å². The van der Waals surface area contributed by atoms with Crippen molar-refractivity contribution in [1.82, 2.24) is 9.62 Å². The Bertz CT molecular complexity index is 701. The number of carbonyl (C=O) groups is 1. The molecule has 2 rings (SSSR count). The van der Waals surface area contributed by atoms with Gasteiger partial charge in [0.05, 0.1) is 16.3 Å². The van der Waals surface area contributed by atoms with E-state index in [1.165, 1.54) is 20.2 Å². The van der Waals surface area contributed by atoms with Crippen LogP contribution in [0.25, 0.3) is 0 Å². The van der Waals surface area contributed by atoms with E-state index in [0.29, 0.717) is 12.1 Å². The molecule has 1 atom stereocenters. The van der Waals surface area contributed by atoms with Gasteiger partial charge in [0.25, 0.3) is 0 Å². The molecule has 0 aliphatic carbocycles. The average Bonchev–Trinajstić information content (AvgIpc) is 2.99. The number of hydrogen-bond acceptors (Lipinski definition) is 5. The molecule has 1 fully saturated rings. The molecule has 1 heterocycles. The van der Waals surface area contributed by atoms with E-state index in [9.17, 15) is 13.2 Å². The Morgan fingerprint density at radius 1 is 1.28 bits per heavy atom. The highest BCUT2D eigenvalue weighted by atomic mass is 35.5. The fourth-order valence-electron chi connectivity index (χ4n) is 2.73. The SMILES string of the molecule is CN(C)c1ccc(S(=O)(=O)N(C)C)cc1NC(=O)CC1CCCN1.Cl. The van der Waals surface area contributed by atoms with Gasteiger partial charge in [-0.05, 0) is 37.6 Å². The molecule has 1 amide bonds. The molecule has 7 nitrogen and oxygen atoms in total. The maximum absolute atomic E-state index is 12.3. The smallest absolute Gasteiger partial charge is 0.242 e. The van der Waals surface area contributed by atoms with Gasteiger partial charge in [0, 0.05) is 40.7 Å². The van der Waals surface area contributed by atoms with Crippen molar-refractivity contribution in [2.75, 3.05) is 45.0 Å². The third kappa shape index (κ3) is 5.31. The van der Waals surface area contributed by atoms with Crippen molar-refractivity contribution < 1.29 is 13.2 Å². The summed E-state index contributed by atoms with van der Waals surface area (Å²) in [6.07, 6.45) is 2.46. The molecule has 1 aromatic rings. The summed E-state index contributed by atoms with van der Waals surface area (Å²) < 4.78 is 25.8. The summed E-state index contributed by atoms with van der Waals surface area (Å²) in [5.41, 5.74) is 1.27. The number of halogens is 1. The summed E-state index contributed by atoms with van der Waals surface area (Å²) in [5, 5.41) is 6.15. The summed E-state index contributed by atoms with van der Waals surface area (Å²) >= 11 is 0. The highest BCUT2D eigenvalue weighted by molar-refractivity contribution is 7.89. The van der Waals surface area contributed by atoms with Crippen LogP contribution in [0.5, 0.6) is 0 Å². The first kappa shape index (κ1) is 21.7. The molecule has 0 saturated carbocycles. The number of nitrogens with one attached hydrogen (secondary N) is 2. The summed E-state index contributed by atoms with van der Waals surface area (Å²) in [5.74, 6) is -0.114. The first-order valence-corrected chi connectivity index (χ1v) is 9.43. The number of rotatable bonds is 6. The lowest BCUT2D eigenvalue weighted by Crippen LogP contribution is -2.28. The Labute approximate surface area is 156 Å². The molecule has 25 heavy (non-hydrogen) atoms. The fourth-order valence-corrected chi connectivity index (χ4v) is 3.66. The molecule has 1 aliphatic rings. The minimum absolute atomic E-state index is 0. The Morgan fingerprint density at radius 2 is 1.96 bits per heavy atom. The average molecular weight is 391 g/mol. The number of benzene rings is 1. The van der Waals surface area contributed by atoms with Gasteiger partial charge >= 0.3 is 0 Å². The third-order valence-corrected chi connectivity index (χ3v) is 5.91. The van der Waals surface area contributed by atoms with Gasteiger partial charge in [-0.1, -0.05) is 0 Å². The zero-order valence-corrected chi connectivity index (χ0v) is 16.7. The van der Waals surface area contributed by atoms with E-state index in [0.717, 1.165) is 29.4 Å². The molecule has 1 aromatic carbocycles. The minimum atomic E-state index is -3.55. The predicted octanol–water partition coefficient (Wildman–Crippen LogP) is 1.51. The molecule has 0 bridgehead atoms. The van der Waals surface area contributed by atoms with Crippen molar-refractivity contribution in [3.05, 3.63) is 18.2 Å². The van der Waals surface area contributed by atoms with Crippen LogP contribution in [0.3, 0.4) is 0 Å². The molecule has 9 heteroatoms. The van der Waals surface area contributed by atoms with Crippen LogP contribution in [0.4, 0.5) is 11.4 Å². The van der Waals surface area contributed by atoms with Gasteiger partial charge < -0.3 is 15.5 Å². The van der Waals surface area contributed by atoms with Crippen molar-refractivity contribution in [2.45, 2.75) is 30.2 Å². The molecular weight excluding hydrogens is 364 g/mol. The Morgan fingerprint density at radius 3 is 2.48 bits per heavy atom. The van der Waals surface area contributed by atoms with Crippen molar-refractivity contribution in [3.63, 3.8) is 0 Å². The number of sulfonamides is 1. The summed E-state index contributed by atoms with van der Waals surface area (Å²) in [6.45, 7) is 0.942. The number of amides is 1. The van der Waals surface area contributed by atoms with E-state index in [4.69, 9.17) is 0 Å². The Balaban J connectivity index is 0.00000312. The zero-order valence-electron chi connectivity index (χ0n) is 15.1. The molecule has 142 valence electrons. The molecule has 0 radical (unpaired) electrons.